The number of hydrogen-bond donors (Lipinski definition) is 1. The third kappa shape index (κ3) is 3.68. The molecule has 0 radical (unpaired) electrons. The van der Waals surface area contributed by atoms with Gasteiger partial charge in [0.15, 0.2) is 11.6 Å². The first-order valence-electron chi connectivity index (χ1n) is 7.23. The Balaban J connectivity index is 2.15. The zero-order valence-corrected chi connectivity index (χ0v) is 13.5. The molecule has 0 saturated heterocycles. The number of aryl methyl sites for hydroxylation is 1. The Hall–Kier alpha value is -2.96. The van der Waals surface area contributed by atoms with Gasteiger partial charge in [-0.25, -0.2) is 4.39 Å². The van der Waals surface area contributed by atoms with E-state index in [1.54, 1.807) is 19.9 Å². The van der Waals surface area contributed by atoms with Crippen LogP contribution in [0, 0.1) is 22.9 Å². The van der Waals surface area contributed by atoms with Crippen molar-refractivity contribution in [3.05, 3.63) is 69.0 Å². The Morgan fingerprint density at radius 3 is 2.54 bits per heavy atom. The maximum atomic E-state index is 13.7. The second kappa shape index (κ2) is 7.08. The molecule has 2 aromatic rings. The van der Waals surface area contributed by atoms with E-state index in [1.807, 2.05) is 0 Å². The van der Waals surface area contributed by atoms with Crippen LogP contribution < -0.4 is 10.1 Å². The molecule has 2 rings (SSSR count). The minimum atomic E-state index is -0.512. The molecule has 1 amide bonds. The summed E-state index contributed by atoms with van der Waals surface area (Å²) in [5, 5.41) is 13.5. The van der Waals surface area contributed by atoms with E-state index in [9.17, 15) is 19.3 Å². The highest BCUT2D eigenvalue weighted by Gasteiger charge is 2.16. The van der Waals surface area contributed by atoms with Crippen LogP contribution in [0.25, 0.3) is 0 Å². The lowest BCUT2D eigenvalue weighted by Crippen LogP contribution is -2.26. The molecule has 24 heavy (non-hydrogen) atoms. The maximum Gasteiger partial charge on any atom is 0.272 e. The van der Waals surface area contributed by atoms with E-state index in [0.717, 1.165) is 0 Å². The average Bonchev–Trinajstić information content (AvgIpc) is 2.54. The van der Waals surface area contributed by atoms with E-state index in [-0.39, 0.29) is 11.4 Å². The molecule has 0 aromatic heterocycles. The molecule has 7 heteroatoms. The fourth-order valence-electron chi connectivity index (χ4n) is 2.32. The zero-order valence-electron chi connectivity index (χ0n) is 13.5. The highest BCUT2D eigenvalue weighted by molar-refractivity contribution is 5.95. The van der Waals surface area contributed by atoms with Crippen LogP contribution in [0.3, 0.4) is 0 Å². The van der Waals surface area contributed by atoms with E-state index in [1.165, 1.54) is 37.4 Å². The van der Waals surface area contributed by atoms with Gasteiger partial charge in [0, 0.05) is 17.2 Å². The van der Waals surface area contributed by atoms with E-state index in [0.29, 0.717) is 16.7 Å². The van der Waals surface area contributed by atoms with Crippen LogP contribution in [0.5, 0.6) is 5.75 Å². The number of halogens is 1. The molecular weight excluding hydrogens is 315 g/mol. The predicted molar refractivity (Wildman–Crippen MR) is 86.7 cm³/mol. The van der Waals surface area contributed by atoms with E-state index in [2.05, 4.69) is 5.32 Å². The van der Waals surface area contributed by atoms with E-state index >= 15 is 0 Å². The molecular formula is C17H17FN2O4. The first-order chi connectivity index (χ1) is 11.3. The van der Waals surface area contributed by atoms with Gasteiger partial charge in [0.25, 0.3) is 11.6 Å². The molecule has 2 aromatic carbocycles. The second-order valence-electron chi connectivity index (χ2n) is 5.35. The van der Waals surface area contributed by atoms with Gasteiger partial charge in [0.2, 0.25) is 0 Å². The molecule has 0 unspecified atom stereocenters. The smallest absolute Gasteiger partial charge is 0.272 e. The Morgan fingerprint density at radius 1 is 1.29 bits per heavy atom. The van der Waals surface area contributed by atoms with Crippen molar-refractivity contribution in [3.63, 3.8) is 0 Å². The van der Waals surface area contributed by atoms with Gasteiger partial charge in [0.1, 0.15) is 0 Å². The number of methoxy groups -OCH3 is 1. The number of nitro groups is 1. The van der Waals surface area contributed by atoms with Crippen LogP contribution in [0.1, 0.15) is 34.5 Å². The summed E-state index contributed by atoms with van der Waals surface area (Å²) in [6.07, 6.45) is 0. The van der Waals surface area contributed by atoms with Gasteiger partial charge in [-0.15, -0.1) is 0 Å². The molecule has 0 aliphatic carbocycles. The lowest BCUT2D eigenvalue weighted by atomic mass is 10.1. The number of carbonyl (C=O) groups is 1. The number of nitrogens with zero attached hydrogens (tertiary/aromatic N) is 1. The van der Waals surface area contributed by atoms with Gasteiger partial charge < -0.3 is 10.1 Å². The van der Waals surface area contributed by atoms with Gasteiger partial charge >= 0.3 is 0 Å². The number of nitro benzene ring substituents is 1. The summed E-state index contributed by atoms with van der Waals surface area (Å²) in [4.78, 5) is 22.6. The standard InChI is InChI=1S/C17H17FN2O4/c1-10-8-13(4-6-15(10)20(22)23)17(21)19-11(2)12-5-7-16(24-3)14(18)9-12/h4-9,11H,1-3H3,(H,19,21)/t11-/m1/s1. The molecule has 0 heterocycles. The summed E-state index contributed by atoms with van der Waals surface area (Å²) in [6, 6.07) is 8.15. The van der Waals surface area contributed by atoms with Gasteiger partial charge in [-0.1, -0.05) is 6.07 Å². The topological polar surface area (TPSA) is 81.5 Å². The van der Waals surface area contributed by atoms with Gasteiger partial charge in [-0.05, 0) is 43.7 Å². The third-order valence-corrected chi connectivity index (χ3v) is 3.68. The lowest BCUT2D eigenvalue weighted by molar-refractivity contribution is -0.385. The minimum absolute atomic E-state index is 0.0446. The van der Waals surface area contributed by atoms with Crippen molar-refractivity contribution in [2.24, 2.45) is 0 Å². The summed E-state index contributed by atoms with van der Waals surface area (Å²) >= 11 is 0. The maximum absolute atomic E-state index is 13.7. The average molecular weight is 332 g/mol. The van der Waals surface area contributed by atoms with Crippen LogP contribution in [0.2, 0.25) is 0 Å². The summed E-state index contributed by atoms with van der Waals surface area (Å²) in [5.74, 6) is -0.776. The van der Waals surface area contributed by atoms with Crippen LogP contribution in [0.15, 0.2) is 36.4 Å². The summed E-state index contributed by atoms with van der Waals surface area (Å²) in [5.41, 5.74) is 1.24. The summed E-state index contributed by atoms with van der Waals surface area (Å²) in [6.45, 7) is 3.29. The van der Waals surface area contributed by atoms with Gasteiger partial charge in [-0.2, -0.15) is 0 Å². The number of rotatable bonds is 5. The van der Waals surface area contributed by atoms with Gasteiger partial charge in [-0.3, -0.25) is 14.9 Å². The fourth-order valence-corrected chi connectivity index (χ4v) is 2.32. The molecule has 1 N–H and O–H groups in total. The number of benzene rings is 2. The number of ether oxygens (including phenoxy) is 1. The van der Waals surface area contributed by atoms with Crippen molar-refractivity contribution in [2.75, 3.05) is 7.11 Å². The lowest BCUT2D eigenvalue weighted by Gasteiger charge is -2.15. The Bertz CT molecular complexity index is 792. The Morgan fingerprint density at radius 2 is 2.00 bits per heavy atom. The SMILES string of the molecule is COc1ccc([C@@H](C)NC(=O)c2ccc([N+](=O)[O-])c(C)c2)cc1F. The number of amides is 1. The predicted octanol–water partition coefficient (Wildman–Crippen LogP) is 3.54. The number of hydrogen-bond acceptors (Lipinski definition) is 4. The molecule has 0 fully saturated rings. The summed E-state index contributed by atoms with van der Waals surface area (Å²) < 4.78 is 18.6. The molecule has 0 saturated carbocycles. The highest BCUT2D eigenvalue weighted by Crippen LogP contribution is 2.23. The Labute approximate surface area is 138 Å². The van der Waals surface area contributed by atoms with Crippen molar-refractivity contribution in [2.45, 2.75) is 19.9 Å². The normalized spacial score (nSPS) is 11.7. The molecule has 0 aliphatic heterocycles. The molecule has 0 aliphatic rings. The van der Waals surface area contributed by atoms with E-state index < -0.39 is 22.7 Å². The first-order valence-corrected chi connectivity index (χ1v) is 7.23. The van der Waals surface area contributed by atoms with Crippen LogP contribution >= 0.6 is 0 Å². The van der Waals surface area contributed by atoms with Crippen molar-refractivity contribution in [1.82, 2.24) is 5.32 Å². The largest absolute Gasteiger partial charge is 0.494 e. The molecule has 126 valence electrons. The fraction of sp³-hybridized carbons (Fsp3) is 0.235. The third-order valence-electron chi connectivity index (χ3n) is 3.68. The highest BCUT2D eigenvalue weighted by atomic mass is 19.1. The van der Waals surface area contributed by atoms with Gasteiger partial charge in [0.05, 0.1) is 18.1 Å². The van der Waals surface area contributed by atoms with Crippen molar-refractivity contribution in [1.29, 1.82) is 0 Å². The van der Waals surface area contributed by atoms with Crippen LogP contribution in [-0.4, -0.2) is 17.9 Å². The van der Waals surface area contributed by atoms with Crippen molar-refractivity contribution in [3.8, 4) is 5.75 Å². The zero-order chi connectivity index (χ0) is 17.9. The first kappa shape index (κ1) is 17.4. The number of nitrogens with one attached hydrogen (secondary N) is 1. The molecule has 0 bridgehead atoms. The molecule has 6 nitrogen and oxygen atoms in total. The molecule has 0 spiro atoms. The van der Waals surface area contributed by atoms with Crippen LogP contribution in [-0.2, 0) is 0 Å². The van der Waals surface area contributed by atoms with E-state index in [4.69, 9.17) is 4.74 Å². The second-order valence-corrected chi connectivity index (χ2v) is 5.35. The Kier molecular flexibility index (Phi) is 5.13. The molecule has 1 atom stereocenters. The monoisotopic (exact) mass is 332 g/mol. The van der Waals surface area contributed by atoms with Crippen molar-refractivity contribution < 1.29 is 18.8 Å². The quantitative estimate of drug-likeness (QED) is 0.671. The van der Waals surface area contributed by atoms with Crippen LogP contribution in [0.4, 0.5) is 10.1 Å². The summed E-state index contributed by atoms with van der Waals surface area (Å²) in [7, 11) is 1.38. The number of carbonyl (C=O) groups excluding carboxylic acids is 1. The minimum Gasteiger partial charge on any atom is -0.494 e. The van der Waals surface area contributed by atoms with Crippen molar-refractivity contribution >= 4 is 11.6 Å².